The average molecular weight is 653 g/mol. The molecule has 4 aromatic heterocycles. The molecule has 0 unspecified atom stereocenters. The quantitative estimate of drug-likeness (QED) is 0.196. The summed E-state index contributed by atoms with van der Waals surface area (Å²) in [6.07, 6.45) is 3.10. The van der Waals surface area contributed by atoms with E-state index in [1.54, 1.807) is 12.1 Å². The Morgan fingerprint density at radius 3 is 2.52 bits per heavy atom. The van der Waals surface area contributed by atoms with Crippen LogP contribution in [0.15, 0.2) is 59.8 Å². The Morgan fingerprint density at radius 1 is 1.15 bits per heavy atom. The molecule has 0 saturated heterocycles. The summed E-state index contributed by atoms with van der Waals surface area (Å²) in [7, 11) is -4.23. The highest BCUT2D eigenvalue weighted by atomic mass is 32.2. The zero-order chi connectivity index (χ0) is 32.5. The monoisotopic (exact) mass is 652 g/mol. The summed E-state index contributed by atoms with van der Waals surface area (Å²) in [5, 5.41) is 18.1. The fraction of sp³-hybridized carbons (Fsp3) is 0.375. The zero-order valence-corrected chi connectivity index (χ0v) is 25.8. The van der Waals surface area contributed by atoms with Crippen molar-refractivity contribution in [2.24, 2.45) is 17.3 Å². The largest absolute Gasteiger partial charge is 0.481 e. The van der Waals surface area contributed by atoms with Gasteiger partial charge in [-0.05, 0) is 80.7 Å². The second-order valence-electron chi connectivity index (χ2n) is 12.4. The number of aromatic nitrogens is 5. The Morgan fingerprint density at radius 2 is 1.87 bits per heavy atom. The van der Waals surface area contributed by atoms with E-state index in [1.165, 1.54) is 30.5 Å². The summed E-state index contributed by atoms with van der Waals surface area (Å²) in [4.78, 5) is 21.4. The lowest BCUT2D eigenvalue weighted by atomic mass is 9.52. The molecule has 2 N–H and O–H groups in total. The van der Waals surface area contributed by atoms with Crippen LogP contribution in [-0.4, -0.2) is 49.1 Å². The van der Waals surface area contributed by atoms with E-state index in [2.05, 4.69) is 20.4 Å². The molecule has 10 nitrogen and oxygen atoms in total. The van der Waals surface area contributed by atoms with E-state index in [4.69, 9.17) is 0 Å². The number of alkyl halides is 2. The topological polar surface area (TPSA) is 131 Å². The summed E-state index contributed by atoms with van der Waals surface area (Å²) < 4.78 is 72.5. The first-order chi connectivity index (χ1) is 21.9. The highest BCUT2D eigenvalue weighted by molar-refractivity contribution is 7.90. The van der Waals surface area contributed by atoms with Crippen LogP contribution in [0, 0.1) is 30.0 Å². The van der Waals surface area contributed by atoms with Crippen LogP contribution in [0.5, 0.6) is 0 Å². The molecule has 0 amide bonds. The number of carboxylic acids is 1. The van der Waals surface area contributed by atoms with Gasteiger partial charge in [-0.15, -0.1) is 5.10 Å². The van der Waals surface area contributed by atoms with E-state index in [-0.39, 0.29) is 44.6 Å². The number of hydrogen-bond donors (Lipinski definition) is 2. The van der Waals surface area contributed by atoms with E-state index < -0.39 is 51.3 Å². The summed E-state index contributed by atoms with van der Waals surface area (Å²) in [6, 6.07) is 9.39. The number of hydrogen-bond acceptors (Lipinski definition) is 7. The van der Waals surface area contributed by atoms with Gasteiger partial charge in [0.25, 0.3) is 16.4 Å². The van der Waals surface area contributed by atoms with Gasteiger partial charge >= 0.3 is 5.97 Å². The molecule has 14 heteroatoms. The van der Waals surface area contributed by atoms with E-state index >= 15 is 0 Å². The third-order valence-corrected chi connectivity index (χ3v) is 11.7. The molecule has 3 aliphatic rings. The lowest BCUT2D eigenvalue weighted by Gasteiger charge is -2.55. The molecule has 0 spiro atoms. The van der Waals surface area contributed by atoms with Gasteiger partial charge in [-0.3, -0.25) is 4.79 Å². The van der Waals surface area contributed by atoms with Crippen LogP contribution in [-0.2, 0) is 14.8 Å². The number of carboxylic acid groups (broad SMARTS) is 1. The van der Waals surface area contributed by atoms with E-state index in [0.29, 0.717) is 6.42 Å². The average Bonchev–Trinajstić information content (AvgIpc) is 3.64. The maximum Gasteiger partial charge on any atom is 0.309 e. The van der Waals surface area contributed by atoms with Gasteiger partial charge in [-0.1, -0.05) is 24.6 Å². The molecule has 8 rings (SSSR count). The van der Waals surface area contributed by atoms with E-state index in [0.717, 1.165) is 52.0 Å². The zero-order valence-electron chi connectivity index (χ0n) is 25.0. The van der Waals surface area contributed by atoms with Crippen molar-refractivity contribution in [2.45, 2.75) is 63.3 Å². The van der Waals surface area contributed by atoms with Crippen molar-refractivity contribution < 1.29 is 31.5 Å². The summed E-state index contributed by atoms with van der Waals surface area (Å²) in [6.45, 7) is 3.81. The predicted molar refractivity (Wildman–Crippen MR) is 164 cm³/mol. The summed E-state index contributed by atoms with van der Waals surface area (Å²) in [5.41, 5.74) is 0.157. The van der Waals surface area contributed by atoms with Crippen molar-refractivity contribution in [1.82, 2.24) is 23.6 Å². The number of nitrogens with zero attached hydrogens (tertiary/aromatic N) is 5. The maximum atomic E-state index is 14.6. The van der Waals surface area contributed by atoms with Crippen LogP contribution in [0.4, 0.5) is 19.0 Å². The van der Waals surface area contributed by atoms with Crippen LogP contribution >= 0.6 is 0 Å². The van der Waals surface area contributed by atoms with Crippen LogP contribution in [0.2, 0.25) is 0 Å². The minimum atomic E-state index is -4.23. The van der Waals surface area contributed by atoms with Gasteiger partial charge in [0.2, 0.25) is 0 Å². The molecule has 1 aromatic carbocycles. The summed E-state index contributed by atoms with van der Waals surface area (Å²) >= 11 is 0. The molecule has 4 heterocycles. The number of aliphatic carboxylic acids is 1. The molecule has 2 atom stereocenters. The van der Waals surface area contributed by atoms with Crippen molar-refractivity contribution in [3.8, 4) is 11.4 Å². The SMILES string of the molecule is CCC12CCC(CC1)[C@H](Nc1nc(-c3cn(S(=O)(=O)c4ccc(C)cc4)c4ncc(F)cc34)nn3c(C(F)F)ccc13)[C@H]2C(=O)O. The van der Waals surface area contributed by atoms with E-state index in [1.807, 2.05) is 13.8 Å². The number of fused-ring (bicyclic) bond motifs is 5. The van der Waals surface area contributed by atoms with Gasteiger partial charge in [-0.2, -0.15) is 0 Å². The predicted octanol–water partition coefficient (Wildman–Crippen LogP) is 6.45. The van der Waals surface area contributed by atoms with E-state index in [9.17, 15) is 31.5 Å². The van der Waals surface area contributed by atoms with Crippen LogP contribution in [0.3, 0.4) is 0 Å². The molecular weight excluding hydrogens is 621 g/mol. The molecule has 3 aliphatic carbocycles. The van der Waals surface area contributed by atoms with Gasteiger partial charge in [0.1, 0.15) is 17.0 Å². The van der Waals surface area contributed by atoms with Gasteiger partial charge < -0.3 is 10.4 Å². The molecule has 2 bridgehead atoms. The van der Waals surface area contributed by atoms with Crippen molar-refractivity contribution in [3.05, 3.63) is 71.9 Å². The Kier molecular flexibility index (Phi) is 7.10. The minimum absolute atomic E-state index is 0.0254. The van der Waals surface area contributed by atoms with Gasteiger partial charge in [0, 0.05) is 23.2 Å². The molecule has 46 heavy (non-hydrogen) atoms. The Hall–Kier alpha value is -4.46. The minimum Gasteiger partial charge on any atom is -0.481 e. The molecule has 0 radical (unpaired) electrons. The van der Waals surface area contributed by atoms with Crippen molar-refractivity contribution in [2.75, 3.05) is 5.32 Å². The third kappa shape index (κ3) is 4.64. The van der Waals surface area contributed by atoms with Gasteiger partial charge in [-0.25, -0.2) is 40.0 Å². The molecule has 240 valence electrons. The fourth-order valence-corrected chi connectivity index (χ4v) is 8.85. The van der Waals surface area contributed by atoms with Crippen LogP contribution in [0.25, 0.3) is 27.9 Å². The second-order valence-corrected chi connectivity index (χ2v) is 14.2. The number of carbonyl (C=O) groups is 1. The number of benzene rings is 1. The van der Waals surface area contributed by atoms with Gasteiger partial charge in [0.15, 0.2) is 17.3 Å². The number of anilines is 1. The van der Waals surface area contributed by atoms with Crippen molar-refractivity contribution >= 4 is 38.4 Å². The maximum absolute atomic E-state index is 14.6. The fourth-order valence-electron chi connectivity index (χ4n) is 7.53. The highest BCUT2D eigenvalue weighted by Gasteiger charge is 2.55. The first kappa shape index (κ1) is 30.2. The first-order valence-electron chi connectivity index (χ1n) is 15.1. The molecule has 0 aliphatic heterocycles. The molecule has 3 saturated carbocycles. The Labute approximate surface area is 262 Å². The van der Waals surface area contributed by atoms with Crippen molar-refractivity contribution in [1.29, 1.82) is 0 Å². The Bertz CT molecular complexity index is 2100. The molecule has 5 aromatic rings. The number of halogens is 3. The number of nitrogens with one attached hydrogen (secondary N) is 1. The van der Waals surface area contributed by atoms with Crippen LogP contribution in [0.1, 0.15) is 56.7 Å². The summed E-state index contributed by atoms with van der Waals surface area (Å²) in [5.74, 6) is -2.42. The van der Waals surface area contributed by atoms with Crippen LogP contribution < -0.4 is 5.32 Å². The number of pyridine rings is 1. The lowest BCUT2D eigenvalue weighted by Crippen LogP contribution is -2.57. The number of aryl methyl sites for hydroxylation is 1. The highest BCUT2D eigenvalue weighted by Crippen LogP contribution is 2.56. The van der Waals surface area contributed by atoms with Gasteiger partial charge in [0.05, 0.1) is 17.0 Å². The standard InChI is InChI=1S/C32H31F3N6O4S/c1-3-32-12-10-18(11-13-32)26(25(32)31(42)43)37-29-24-9-8-23(27(34)35)41(24)39-28(38-29)22-16-40(30-21(22)14-19(33)15-36-30)46(44,45)20-6-4-17(2)5-7-20/h4-9,14-16,18,25-27H,3,10-13H2,1-2H3,(H,42,43)(H,37,38,39)/t18?,25-,26-,32?/m0/s1. The van der Waals surface area contributed by atoms with Crippen molar-refractivity contribution in [3.63, 3.8) is 0 Å². The number of rotatable bonds is 8. The third-order valence-electron chi connectivity index (χ3n) is 9.99. The Balaban J connectivity index is 1.43. The molecule has 3 fully saturated rings. The first-order valence-corrected chi connectivity index (χ1v) is 16.5. The molecular formula is C32H31F3N6O4S. The normalized spacial score (nSPS) is 23.0. The smallest absolute Gasteiger partial charge is 0.309 e. The second kappa shape index (κ2) is 10.8. The lowest BCUT2D eigenvalue weighted by molar-refractivity contribution is -0.155.